The largest absolute Gasteiger partial charge is 0.396 e. The van der Waals surface area contributed by atoms with Crippen LogP contribution in [0.15, 0.2) is 0 Å². The summed E-state index contributed by atoms with van der Waals surface area (Å²) in [4.78, 5) is 0. The van der Waals surface area contributed by atoms with Crippen LogP contribution in [0.5, 0.6) is 0 Å². The predicted molar refractivity (Wildman–Crippen MR) is 41.0 cm³/mol. The molecule has 0 heterocycles. The van der Waals surface area contributed by atoms with Gasteiger partial charge in [-0.25, -0.2) is 0 Å². The molecule has 0 atom stereocenters. The zero-order valence-electron chi connectivity index (χ0n) is 6.84. The van der Waals surface area contributed by atoms with Gasteiger partial charge in [0.15, 0.2) is 0 Å². The smallest absolute Gasteiger partial charge is 0.0452 e. The van der Waals surface area contributed by atoms with Crippen molar-refractivity contribution in [1.29, 1.82) is 0 Å². The van der Waals surface area contributed by atoms with Crippen LogP contribution in [0.1, 0.15) is 20.3 Å². The van der Waals surface area contributed by atoms with Crippen LogP contribution in [0.3, 0.4) is 0 Å². The summed E-state index contributed by atoms with van der Waals surface area (Å²) in [6, 6.07) is 0. The van der Waals surface area contributed by atoms with Crippen molar-refractivity contribution in [3.05, 3.63) is 0 Å². The zero-order chi connectivity index (χ0) is 8.24. The lowest BCUT2D eigenvalue weighted by molar-refractivity contribution is 0.162. The average Bonchev–Trinajstić information content (AvgIpc) is 1.93. The lowest BCUT2D eigenvalue weighted by Gasteiger charge is -1.86. The van der Waals surface area contributed by atoms with E-state index in [0.717, 1.165) is 13.2 Å². The second kappa shape index (κ2) is 15.9. The van der Waals surface area contributed by atoms with Crippen LogP contribution in [0.25, 0.3) is 0 Å². The lowest BCUT2D eigenvalue weighted by atomic mass is 10.5. The number of hydrogen-bond acceptors (Lipinski definition) is 3. The maximum Gasteiger partial charge on any atom is 0.0452 e. The predicted octanol–water partition coefficient (Wildman–Crippen LogP) is 0.404. The summed E-state index contributed by atoms with van der Waals surface area (Å²) in [6.45, 7) is 5.85. The molecule has 0 aromatic carbocycles. The van der Waals surface area contributed by atoms with Gasteiger partial charge in [0.2, 0.25) is 0 Å². The molecule has 0 aliphatic carbocycles. The highest BCUT2D eigenvalue weighted by atomic mass is 16.5. The second-order valence-electron chi connectivity index (χ2n) is 1.58. The fraction of sp³-hybridized carbons (Fsp3) is 1.00. The topological polar surface area (TPSA) is 49.7 Å². The van der Waals surface area contributed by atoms with E-state index in [0.29, 0.717) is 6.42 Å². The highest BCUT2D eigenvalue weighted by Gasteiger charge is 1.70. The van der Waals surface area contributed by atoms with E-state index in [1.807, 2.05) is 13.8 Å². The van der Waals surface area contributed by atoms with Crippen LogP contribution in [-0.4, -0.2) is 36.6 Å². The Morgan fingerprint density at radius 3 is 1.40 bits per heavy atom. The molecule has 3 nitrogen and oxygen atoms in total. The average molecular weight is 150 g/mol. The Morgan fingerprint density at radius 1 is 1.00 bits per heavy atom. The molecule has 2 N–H and O–H groups in total. The molecule has 0 aliphatic rings. The van der Waals surface area contributed by atoms with Crippen molar-refractivity contribution in [2.24, 2.45) is 0 Å². The first-order valence-corrected chi connectivity index (χ1v) is 3.62. The van der Waals surface area contributed by atoms with Crippen LogP contribution in [-0.2, 0) is 4.74 Å². The highest BCUT2D eigenvalue weighted by molar-refractivity contribution is 4.22. The number of hydrogen-bond donors (Lipinski definition) is 2. The molecule has 0 aromatic rings. The van der Waals surface area contributed by atoms with Crippen molar-refractivity contribution in [2.75, 3.05) is 26.4 Å². The molecule has 0 fully saturated rings. The lowest BCUT2D eigenvalue weighted by Crippen LogP contribution is -1.85. The molecule has 0 aromatic heterocycles. The summed E-state index contributed by atoms with van der Waals surface area (Å²) in [5.74, 6) is 0. The van der Waals surface area contributed by atoms with E-state index in [2.05, 4.69) is 0 Å². The third kappa shape index (κ3) is 24.8. The number of rotatable bonds is 4. The molecule has 3 heteroatoms. The van der Waals surface area contributed by atoms with Crippen molar-refractivity contribution in [3.63, 3.8) is 0 Å². The van der Waals surface area contributed by atoms with Crippen LogP contribution in [0.2, 0.25) is 0 Å². The number of ether oxygens (including phenoxy) is 1. The molecule has 0 saturated carbocycles. The van der Waals surface area contributed by atoms with E-state index in [1.165, 1.54) is 0 Å². The summed E-state index contributed by atoms with van der Waals surface area (Å²) >= 11 is 0. The molecular formula is C7H18O3. The third-order valence-corrected chi connectivity index (χ3v) is 0.724. The number of aliphatic hydroxyl groups is 2. The van der Waals surface area contributed by atoms with Crippen molar-refractivity contribution in [3.8, 4) is 0 Å². The van der Waals surface area contributed by atoms with Crippen LogP contribution >= 0.6 is 0 Å². The monoisotopic (exact) mass is 150 g/mol. The Morgan fingerprint density at radius 2 is 1.40 bits per heavy atom. The molecule has 0 rings (SSSR count). The van der Waals surface area contributed by atoms with Crippen molar-refractivity contribution < 1.29 is 14.9 Å². The first-order chi connectivity index (χ1) is 4.83. The van der Waals surface area contributed by atoms with Gasteiger partial charge >= 0.3 is 0 Å². The summed E-state index contributed by atoms with van der Waals surface area (Å²) in [7, 11) is 0. The van der Waals surface area contributed by atoms with E-state index < -0.39 is 0 Å². The quantitative estimate of drug-likeness (QED) is 0.610. The standard InChI is InChI=1S/C4H10O.C3H8O2/c1-3-5-4-2;4-2-1-3-5/h3-4H2,1-2H3;4-5H,1-3H2. The van der Waals surface area contributed by atoms with Gasteiger partial charge < -0.3 is 14.9 Å². The van der Waals surface area contributed by atoms with Crippen LogP contribution in [0, 0.1) is 0 Å². The molecule has 0 unspecified atom stereocenters. The molecule has 10 heavy (non-hydrogen) atoms. The van der Waals surface area contributed by atoms with Gasteiger partial charge in [-0.05, 0) is 20.3 Å². The van der Waals surface area contributed by atoms with E-state index in [4.69, 9.17) is 14.9 Å². The van der Waals surface area contributed by atoms with Gasteiger partial charge in [-0.2, -0.15) is 0 Å². The molecule has 0 spiro atoms. The first kappa shape index (κ1) is 12.5. The maximum absolute atomic E-state index is 7.91. The Kier molecular flexibility index (Phi) is 20.0. The Labute approximate surface area is 62.6 Å². The minimum atomic E-state index is 0.0938. The van der Waals surface area contributed by atoms with Gasteiger partial charge in [-0.15, -0.1) is 0 Å². The summed E-state index contributed by atoms with van der Waals surface area (Å²) in [6.07, 6.45) is 0.500. The van der Waals surface area contributed by atoms with Crippen molar-refractivity contribution in [2.45, 2.75) is 20.3 Å². The summed E-state index contributed by atoms with van der Waals surface area (Å²) < 4.78 is 4.83. The van der Waals surface area contributed by atoms with Gasteiger partial charge in [-0.3, -0.25) is 0 Å². The van der Waals surface area contributed by atoms with Crippen molar-refractivity contribution in [1.82, 2.24) is 0 Å². The van der Waals surface area contributed by atoms with Gasteiger partial charge in [0.25, 0.3) is 0 Å². The SMILES string of the molecule is CCOCC.OCCCO. The molecular weight excluding hydrogens is 132 g/mol. The maximum atomic E-state index is 7.91. The van der Waals surface area contributed by atoms with Gasteiger partial charge in [0.1, 0.15) is 0 Å². The molecule has 0 bridgehead atoms. The number of aliphatic hydroxyl groups excluding tert-OH is 2. The van der Waals surface area contributed by atoms with Crippen molar-refractivity contribution >= 4 is 0 Å². The summed E-state index contributed by atoms with van der Waals surface area (Å²) in [5, 5.41) is 15.8. The molecule has 0 amide bonds. The van der Waals surface area contributed by atoms with Gasteiger partial charge in [-0.1, -0.05) is 0 Å². The fourth-order valence-electron chi connectivity index (χ4n) is 0.275. The summed E-state index contributed by atoms with van der Waals surface area (Å²) in [5.41, 5.74) is 0. The van der Waals surface area contributed by atoms with Gasteiger partial charge in [0.05, 0.1) is 0 Å². The Hall–Kier alpha value is -0.120. The van der Waals surface area contributed by atoms with Crippen LogP contribution in [0.4, 0.5) is 0 Å². The normalized spacial score (nSPS) is 8.40. The first-order valence-electron chi connectivity index (χ1n) is 3.62. The second-order valence-corrected chi connectivity index (χ2v) is 1.58. The molecule has 0 saturated heterocycles. The highest BCUT2D eigenvalue weighted by Crippen LogP contribution is 1.65. The minimum Gasteiger partial charge on any atom is -0.396 e. The Balaban J connectivity index is 0. The third-order valence-electron chi connectivity index (χ3n) is 0.724. The molecule has 64 valence electrons. The molecule has 0 radical (unpaired) electrons. The van der Waals surface area contributed by atoms with E-state index in [1.54, 1.807) is 0 Å². The zero-order valence-corrected chi connectivity index (χ0v) is 6.84. The van der Waals surface area contributed by atoms with Crippen LogP contribution < -0.4 is 0 Å². The minimum absolute atomic E-state index is 0.0938. The Bertz CT molecular complexity index is 29.8. The fourth-order valence-corrected chi connectivity index (χ4v) is 0.275. The van der Waals surface area contributed by atoms with Gasteiger partial charge in [0, 0.05) is 26.4 Å². The van der Waals surface area contributed by atoms with E-state index in [9.17, 15) is 0 Å². The van der Waals surface area contributed by atoms with E-state index in [-0.39, 0.29) is 13.2 Å². The van der Waals surface area contributed by atoms with E-state index >= 15 is 0 Å². The molecule has 0 aliphatic heterocycles.